The zero-order valence-corrected chi connectivity index (χ0v) is 20.9. The van der Waals surface area contributed by atoms with E-state index in [1.54, 1.807) is 30.5 Å². The van der Waals surface area contributed by atoms with Gasteiger partial charge in [-0.1, -0.05) is 61.1 Å². The minimum Gasteiger partial charge on any atom is -0.490 e. The molecule has 2 aromatic carbocycles. The van der Waals surface area contributed by atoms with Crippen molar-refractivity contribution in [3.8, 4) is 11.5 Å². The number of nitrogens with one attached hydrogen (secondary N) is 1. The SMILES string of the molecule is CSNCC(=O)C(F)(F)Oc1ccc(C(C)(C)c2cc(Cl)c(OCCCCl)c(Cl)c2)cc1. The van der Waals surface area contributed by atoms with Crippen LogP contribution in [0.2, 0.25) is 10.0 Å². The summed E-state index contributed by atoms with van der Waals surface area (Å²) in [5, 5.41) is 0.735. The highest BCUT2D eigenvalue weighted by molar-refractivity contribution is 7.96. The van der Waals surface area contributed by atoms with E-state index in [0.29, 0.717) is 34.7 Å². The maximum atomic E-state index is 14.0. The van der Waals surface area contributed by atoms with Gasteiger partial charge in [0.2, 0.25) is 0 Å². The lowest BCUT2D eigenvalue weighted by Crippen LogP contribution is -2.40. The van der Waals surface area contributed by atoms with Crippen LogP contribution in [0.4, 0.5) is 8.78 Å². The lowest BCUT2D eigenvalue weighted by molar-refractivity contribution is -0.189. The molecule has 0 fully saturated rings. The molecule has 4 nitrogen and oxygen atoms in total. The summed E-state index contributed by atoms with van der Waals surface area (Å²) in [7, 11) is 0. The lowest BCUT2D eigenvalue weighted by atomic mass is 9.78. The van der Waals surface area contributed by atoms with Crippen LogP contribution in [0.1, 0.15) is 31.4 Å². The number of alkyl halides is 3. The molecule has 0 radical (unpaired) electrons. The second-order valence-corrected chi connectivity index (χ2v) is 9.27. The van der Waals surface area contributed by atoms with Crippen molar-refractivity contribution in [1.29, 1.82) is 0 Å². The second kappa shape index (κ2) is 11.7. The van der Waals surface area contributed by atoms with E-state index in [9.17, 15) is 13.6 Å². The second-order valence-electron chi connectivity index (χ2n) is 7.38. The topological polar surface area (TPSA) is 47.6 Å². The van der Waals surface area contributed by atoms with Gasteiger partial charge in [0.25, 0.3) is 5.78 Å². The minimum atomic E-state index is -3.93. The van der Waals surface area contributed by atoms with Crippen molar-refractivity contribution in [2.75, 3.05) is 25.3 Å². The number of hydrogen-bond acceptors (Lipinski definition) is 5. The van der Waals surface area contributed by atoms with Crippen molar-refractivity contribution >= 4 is 52.5 Å². The number of hydrogen-bond donors (Lipinski definition) is 1. The van der Waals surface area contributed by atoms with E-state index in [-0.39, 0.29) is 5.75 Å². The number of ether oxygens (including phenoxy) is 2. The third kappa shape index (κ3) is 6.87. The summed E-state index contributed by atoms with van der Waals surface area (Å²) >= 11 is 19.5. The van der Waals surface area contributed by atoms with E-state index in [4.69, 9.17) is 39.5 Å². The fourth-order valence-corrected chi connectivity index (χ4v) is 3.82. The average Bonchev–Trinajstić information content (AvgIpc) is 2.73. The van der Waals surface area contributed by atoms with Crippen LogP contribution in [0, 0.1) is 0 Å². The summed E-state index contributed by atoms with van der Waals surface area (Å²) in [6.45, 7) is 3.79. The molecule has 10 heteroatoms. The molecule has 0 amide bonds. The molecule has 2 aromatic rings. The first-order chi connectivity index (χ1) is 15.0. The fourth-order valence-electron chi connectivity index (χ4n) is 2.84. The Balaban J connectivity index is 2.20. The third-order valence-corrected chi connectivity index (χ3v) is 6.03. The molecule has 1 N–H and O–H groups in total. The van der Waals surface area contributed by atoms with E-state index in [0.717, 1.165) is 23.1 Å². The monoisotopic (exact) mass is 525 g/mol. The van der Waals surface area contributed by atoms with Gasteiger partial charge in [-0.25, -0.2) is 0 Å². The summed E-state index contributed by atoms with van der Waals surface area (Å²) < 4.78 is 40.7. The molecule has 32 heavy (non-hydrogen) atoms. The Bertz CT molecular complexity index is 904. The molecule has 0 aromatic heterocycles. The molecule has 0 heterocycles. The summed E-state index contributed by atoms with van der Waals surface area (Å²) in [5.41, 5.74) is 1.07. The lowest BCUT2D eigenvalue weighted by Gasteiger charge is -2.27. The molecule has 176 valence electrons. The van der Waals surface area contributed by atoms with Crippen molar-refractivity contribution in [3.05, 3.63) is 57.6 Å². The number of carbonyl (C=O) groups excluding carboxylic acids is 1. The minimum absolute atomic E-state index is 0.119. The highest BCUT2D eigenvalue weighted by Crippen LogP contribution is 2.41. The van der Waals surface area contributed by atoms with Gasteiger partial charge in [-0.15, -0.1) is 11.6 Å². The van der Waals surface area contributed by atoms with Crippen LogP contribution in [0.5, 0.6) is 11.5 Å². The fraction of sp³-hybridized carbons (Fsp3) is 0.409. The Morgan fingerprint density at radius 2 is 1.69 bits per heavy atom. The van der Waals surface area contributed by atoms with Crippen LogP contribution in [0.25, 0.3) is 0 Å². The summed E-state index contributed by atoms with van der Waals surface area (Å²) in [4.78, 5) is 11.6. The van der Waals surface area contributed by atoms with Gasteiger partial charge in [-0.3, -0.25) is 9.52 Å². The van der Waals surface area contributed by atoms with Gasteiger partial charge in [0.1, 0.15) is 5.75 Å². The summed E-state index contributed by atoms with van der Waals surface area (Å²) in [5.74, 6) is -0.612. The van der Waals surface area contributed by atoms with E-state index in [1.165, 1.54) is 12.1 Å². The Labute approximate surface area is 206 Å². The molecule has 0 spiro atoms. The van der Waals surface area contributed by atoms with Crippen LogP contribution in [0.15, 0.2) is 36.4 Å². The maximum Gasteiger partial charge on any atom is 0.462 e. The molecule has 0 saturated carbocycles. The zero-order valence-electron chi connectivity index (χ0n) is 17.8. The van der Waals surface area contributed by atoms with Gasteiger partial charge < -0.3 is 9.47 Å². The summed E-state index contributed by atoms with van der Waals surface area (Å²) in [6, 6.07) is 9.63. The number of benzene rings is 2. The standard InChI is InChI=1S/C22H24Cl3F2NO3S/c1-21(2,15-11-17(24)20(18(25)12-15)30-10-4-9-23)14-5-7-16(8-6-14)31-22(26,27)19(29)13-28-32-3/h5-8,11-12,28H,4,9-10,13H2,1-3H3. The van der Waals surface area contributed by atoms with Crippen molar-refractivity contribution in [2.45, 2.75) is 31.8 Å². The summed E-state index contributed by atoms with van der Waals surface area (Å²) in [6.07, 6.45) is -1.63. The van der Waals surface area contributed by atoms with Gasteiger partial charge in [-0.2, -0.15) is 8.78 Å². The van der Waals surface area contributed by atoms with Gasteiger partial charge in [0, 0.05) is 11.3 Å². The first-order valence-corrected chi connectivity index (χ1v) is 12.2. The first kappa shape index (κ1) is 27.0. The van der Waals surface area contributed by atoms with Gasteiger partial charge in [-0.05, 0) is 48.1 Å². The van der Waals surface area contributed by atoms with Crippen LogP contribution in [-0.4, -0.2) is 37.2 Å². The van der Waals surface area contributed by atoms with Crippen molar-refractivity contribution in [1.82, 2.24) is 4.72 Å². The van der Waals surface area contributed by atoms with Crippen molar-refractivity contribution in [2.24, 2.45) is 0 Å². The molecule has 0 atom stereocenters. The zero-order chi connectivity index (χ0) is 23.9. The Morgan fingerprint density at radius 3 is 2.22 bits per heavy atom. The molecule has 0 aliphatic rings. The predicted octanol–water partition coefficient (Wildman–Crippen LogP) is 6.74. The van der Waals surface area contributed by atoms with Gasteiger partial charge in [0.05, 0.1) is 23.2 Å². The van der Waals surface area contributed by atoms with Crippen LogP contribution in [0.3, 0.4) is 0 Å². The van der Waals surface area contributed by atoms with Crippen LogP contribution < -0.4 is 14.2 Å². The molecule has 0 unspecified atom stereocenters. The van der Waals surface area contributed by atoms with E-state index in [1.807, 2.05) is 13.8 Å². The van der Waals surface area contributed by atoms with Crippen LogP contribution in [-0.2, 0) is 10.2 Å². The number of halogens is 5. The largest absolute Gasteiger partial charge is 0.490 e. The Hall–Kier alpha value is -1.25. The van der Waals surface area contributed by atoms with E-state index < -0.39 is 23.9 Å². The molecule has 2 rings (SSSR count). The molecular weight excluding hydrogens is 503 g/mol. The number of Topliss-reactive ketones (excluding diaryl/α,β-unsaturated/α-hetero) is 1. The van der Waals surface area contributed by atoms with Crippen molar-refractivity contribution < 1.29 is 23.0 Å². The van der Waals surface area contributed by atoms with Gasteiger partial charge in [0.15, 0.2) is 5.75 Å². The third-order valence-electron chi connectivity index (χ3n) is 4.77. The maximum absolute atomic E-state index is 14.0. The quantitative estimate of drug-likeness (QED) is 0.189. The number of ketones is 1. The molecular formula is C22H24Cl3F2NO3S. The molecule has 0 bridgehead atoms. The number of rotatable bonds is 12. The average molecular weight is 527 g/mol. The molecule has 0 aliphatic carbocycles. The van der Waals surface area contributed by atoms with E-state index >= 15 is 0 Å². The first-order valence-electron chi connectivity index (χ1n) is 9.67. The normalized spacial score (nSPS) is 12.0. The molecule has 0 aliphatic heterocycles. The van der Waals surface area contributed by atoms with Crippen molar-refractivity contribution in [3.63, 3.8) is 0 Å². The highest BCUT2D eigenvalue weighted by atomic mass is 35.5. The van der Waals surface area contributed by atoms with E-state index in [2.05, 4.69) is 9.46 Å². The van der Waals surface area contributed by atoms with Crippen LogP contribution >= 0.6 is 46.8 Å². The smallest absolute Gasteiger partial charge is 0.462 e. The van der Waals surface area contributed by atoms with Gasteiger partial charge >= 0.3 is 6.11 Å². The molecule has 0 saturated heterocycles. The Morgan fingerprint density at radius 1 is 1.09 bits per heavy atom. The number of carbonyl (C=O) groups is 1. The Kier molecular flexibility index (Phi) is 9.91. The predicted molar refractivity (Wildman–Crippen MR) is 128 cm³/mol. The highest BCUT2D eigenvalue weighted by Gasteiger charge is 2.41.